The van der Waals surface area contributed by atoms with Gasteiger partial charge in [0, 0.05) is 12.6 Å². The van der Waals surface area contributed by atoms with Crippen LogP contribution < -0.4 is 5.32 Å². The number of likely N-dealkylation sites (N-methyl/N-ethyl adjacent to an activating group) is 1. The molecular formula is C17H27N3. The van der Waals surface area contributed by atoms with Gasteiger partial charge in [-0.05, 0) is 38.9 Å². The highest BCUT2D eigenvalue weighted by Crippen LogP contribution is 2.23. The molecule has 1 unspecified atom stereocenters. The van der Waals surface area contributed by atoms with Gasteiger partial charge < -0.3 is 4.90 Å². The largest absolute Gasteiger partial charge is 0.300 e. The van der Waals surface area contributed by atoms with E-state index in [9.17, 15) is 5.26 Å². The number of hydrogen-bond donors (Lipinski definition) is 1. The van der Waals surface area contributed by atoms with Crippen LogP contribution in [0.4, 0.5) is 0 Å². The lowest BCUT2D eigenvalue weighted by Crippen LogP contribution is -2.52. The molecule has 0 radical (unpaired) electrons. The van der Waals surface area contributed by atoms with Crippen LogP contribution in [-0.2, 0) is 5.54 Å². The highest BCUT2D eigenvalue weighted by Gasteiger charge is 2.34. The van der Waals surface area contributed by atoms with E-state index in [-0.39, 0.29) is 6.04 Å². The fourth-order valence-corrected chi connectivity index (χ4v) is 2.57. The van der Waals surface area contributed by atoms with Crippen molar-refractivity contribution in [1.82, 2.24) is 10.2 Å². The van der Waals surface area contributed by atoms with Gasteiger partial charge in [-0.25, -0.2) is 0 Å². The Kier molecular flexibility index (Phi) is 6.70. The van der Waals surface area contributed by atoms with Crippen LogP contribution in [0.1, 0.15) is 39.7 Å². The Labute approximate surface area is 123 Å². The van der Waals surface area contributed by atoms with Crippen molar-refractivity contribution in [1.29, 1.82) is 5.26 Å². The summed E-state index contributed by atoms with van der Waals surface area (Å²) in [6.07, 6.45) is 1.10. The molecule has 1 rings (SSSR count). The Balaban J connectivity index is 3.09. The highest BCUT2D eigenvalue weighted by molar-refractivity contribution is 5.32. The van der Waals surface area contributed by atoms with Gasteiger partial charge in [-0.15, -0.1) is 0 Å². The fraction of sp³-hybridized carbons (Fsp3) is 0.588. The first kappa shape index (κ1) is 16.7. The predicted octanol–water partition coefficient (Wildman–Crippen LogP) is 3.14. The van der Waals surface area contributed by atoms with Gasteiger partial charge in [0.15, 0.2) is 0 Å². The van der Waals surface area contributed by atoms with Crippen LogP contribution in [0.2, 0.25) is 0 Å². The normalized spacial score (nSPS) is 14.2. The summed E-state index contributed by atoms with van der Waals surface area (Å²) in [5, 5.41) is 13.3. The third-order valence-corrected chi connectivity index (χ3v) is 3.44. The number of nitrogens with one attached hydrogen (secondary N) is 1. The second-order valence-corrected chi connectivity index (χ2v) is 5.55. The third-order valence-electron chi connectivity index (χ3n) is 3.44. The van der Waals surface area contributed by atoms with E-state index in [1.807, 2.05) is 30.3 Å². The van der Waals surface area contributed by atoms with E-state index < -0.39 is 5.54 Å². The number of hydrogen-bond acceptors (Lipinski definition) is 3. The SMILES string of the molecule is CCCN(CC)CC(C#N)(NC(C)C)c1ccccc1. The van der Waals surface area contributed by atoms with E-state index >= 15 is 0 Å². The van der Waals surface area contributed by atoms with Crippen molar-refractivity contribution in [2.45, 2.75) is 45.7 Å². The molecule has 0 amide bonds. The lowest BCUT2D eigenvalue weighted by molar-refractivity contribution is 0.212. The Morgan fingerprint density at radius 1 is 1.25 bits per heavy atom. The van der Waals surface area contributed by atoms with Crippen molar-refractivity contribution >= 4 is 0 Å². The van der Waals surface area contributed by atoms with Crippen LogP contribution in [0.5, 0.6) is 0 Å². The molecule has 0 aliphatic rings. The minimum atomic E-state index is -0.638. The summed E-state index contributed by atoms with van der Waals surface area (Å²) in [5.41, 5.74) is 0.409. The molecule has 0 aromatic heterocycles. The molecular weight excluding hydrogens is 246 g/mol. The summed E-state index contributed by atoms with van der Waals surface area (Å²) < 4.78 is 0. The molecule has 0 fully saturated rings. The minimum Gasteiger partial charge on any atom is -0.300 e. The van der Waals surface area contributed by atoms with Gasteiger partial charge in [-0.1, -0.05) is 44.2 Å². The summed E-state index contributed by atoms with van der Waals surface area (Å²) in [5.74, 6) is 0. The van der Waals surface area contributed by atoms with Crippen LogP contribution in [0, 0.1) is 11.3 Å². The van der Waals surface area contributed by atoms with Gasteiger partial charge in [-0.2, -0.15) is 5.26 Å². The van der Waals surface area contributed by atoms with Crippen molar-refractivity contribution in [2.75, 3.05) is 19.6 Å². The van der Waals surface area contributed by atoms with Gasteiger partial charge in [0.05, 0.1) is 6.07 Å². The van der Waals surface area contributed by atoms with Crippen LogP contribution in [0.25, 0.3) is 0 Å². The third kappa shape index (κ3) is 4.33. The van der Waals surface area contributed by atoms with E-state index in [1.54, 1.807) is 0 Å². The summed E-state index contributed by atoms with van der Waals surface area (Å²) in [6, 6.07) is 12.9. The van der Waals surface area contributed by atoms with Gasteiger partial charge in [-0.3, -0.25) is 5.32 Å². The maximum absolute atomic E-state index is 9.85. The van der Waals surface area contributed by atoms with E-state index in [0.29, 0.717) is 0 Å². The number of nitriles is 1. The minimum absolute atomic E-state index is 0.259. The zero-order valence-corrected chi connectivity index (χ0v) is 13.2. The molecule has 1 N–H and O–H groups in total. The Hall–Kier alpha value is -1.37. The molecule has 110 valence electrons. The van der Waals surface area contributed by atoms with Crippen molar-refractivity contribution in [2.24, 2.45) is 0 Å². The molecule has 0 heterocycles. The van der Waals surface area contributed by atoms with Crippen molar-refractivity contribution in [3.8, 4) is 6.07 Å². The number of benzene rings is 1. The van der Waals surface area contributed by atoms with Crippen LogP contribution in [-0.4, -0.2) is 30.6 Å². The maximum atomic E-state index is 9.85. The summed E-state index contributed by atoms with van der Waals surface area (Å²) in [6.45, 7) is 11.2. The maximum Gasteiger partial charge on any atom is 0.145 e. The predicted molar refractivity (Wildman–Crippen MR) is 84.4 cm³/mol. The lowest BCUT2D eigenvalue weighted by atomic mass is 9.89. The molecule has 0 bridgehead atoms. The van der Waals surface area contributed by atoms with Gasteiger partial charge in [0.2, 0.25) is 0 Å². The summed E-state index contributed by atoms with van der Waals surface area (Å²) in [7, 11) is 0. The molecule has 0 aliphatic heterocycles. The Morgan fingerprint density at radius 2 is 1.90 bits per heavy atom. The second kappa shape index (κ2) is 8.04. The molecule has 0 saturated heterocycles. The molecule has 20 heavy (non-hydrogen) atoms. The fourth-order valence-electron chi connectivity index (χ4n) is 2.57. The van der Waals surface area contributed by atoms with E-state index in [4.69, 9.17) is 0 Å². The second-order valence-electron chi connectivity index (χ2n) is 5.55. The van der Waals surface area contributed by atoms with Crippen LogP contribution in [0.15, 0.2) is 30.3 Å². The average Bonchev–Trinajstić information content (AvgIpc) is 2.46. The summed E-state index contributed by atoms with van der Waals surface area (Å²) in [4.78, 5) is 2.34. The highest BCUT2D eigenvalue weighted by atomic mass is 15.2. The van der Waals surface area contributed by atoms with E-state index in [1.165, 1.54) is 0 Å². The van der Waals surface area contributed by atoms with Gasteiger partial charge >= 0.3 is 0 Å². The zero-order valence-electron chi connectivity index (χ0n) is 13.2. The number of rotatable bonds is 8. The van der Waals surface area contributed by atoms with Crippen LogP contribution in [0.3, 0.4) is 0 Å². The molecule has 0 aliphatic carbocycles. The monoisotopic (exact) mass is 273 g/mol. The van der Waals surface area contributed by atoms with E-state index in [2.05, 4.69) is 44.0 Å². The standard InChI is InChI=1S/C17H27N3/c1-5-12-20(6-2)14-17(13-18,19-15(3)4)16-10-8-7-9-11-16/h7-11,15,19H,5-6,12,14H2,1-4H3. The molecule has 0 spiro atoms. The van der Waals surface area contributed by atoms with Crippen molar-refractivity contribution in [3.63, 3.8) is 0 Å². The topological polar surface area (TPSA) is 39.1 Å². The molecule has 0 saturated carbocycles. The molecule has 1 aromatic carbocycles. The molecule has 3 nitrogen and oxygen atoms in total. The first-order valence-corrected chi connectivity index (χ1v) is 7.54. The Morgan fingerprint density at radius 3 is 2.35 bits per heavy atom. The molecule has 1 atom stereocenters. The van der Waals surface area contributed by atoms with E-state index in [0.717, 1.165) is 31.6 Å². The van der Waals surface area contributed by atoms with Crippen LogP contribution >= 0.6 is 0 Å². The molecule has 3 heteroatoms. The Bertz CT molecular complexity index is 422. The lowest BCUT2D eigenvalue weighted by Gasteiger charge is -2.35. The number of nitrogens with zero attached hydrogens (tertiary/aromatic N) is 2. The van der Waals surface area contributed by atoms with Gasteiger partial charge in [0.1, 0.15) is 5.54 Å². The first-order valence-electron chi connectivity index (χ1n) is 7.54. The molecule has 1 aromatic rings. The smallest absolute Gasteiger partial charge is 0.145 e. The zero-order chi connectivity index (χ0) is 15.0. The quantitative estimate of drug-likeness (QED) is 0.791. The van der Waals surface area contributed by atoms with Gasteiger partial charge in [0.25, 0.3) is 0 Å². The average molecular weight is 273 g/mol. The summed E-state index contributed by atoms with van der Waals surface area (Å²) >= 11 is 0. The van der Waals surface area contributed by atoms with Crippen molar-refractivity contribution in [3.05, 3.63) is 35.9 Å². The van der Waals surface area contributed by atoms with Crippen molar-refractivity contribution < 1.29 is 0 Å². The first-order chi connectivity index (χ1) is 9.57.